The number of methoxy groups -OCH3 is 1. The van der Waals surface area contributed by atoms with Crippen LogP contribution in [-0.2, 0) is 11.3 Å². The molecule has 1 atom stereocenters. The second-order valence-electron chi connectivity index (χ2n) is 6.23. The SMILES string of the molecule is COC[C@H](C)N(Cc1cccc(F)c1)C(=O)c1cnc2ccnn2c1C. The Balaban J connectivity index is 1.96. The van der Waals surface area contributed by atoms with Crippen LogP contribution in [0.15, 0.2) is 42.7 Å². The molecule has 0 spiro atoms. The number of hydrogen-bond donors (Lipinski definition) is 0. The van der Waals surface area contributed by atoms with E-state index < -0.39 is 0 Å². The number of halogens is 1. The highest BCUT2D eigenvalue weighted by molar-refractivity contribution is 5.95. The zero-order chi connectivity index (χ0) is 18.7. The molecular formula is C19H21FN4O2. The molecule has 0 saturated carbocycles. The fourth-order valence-corrected chi connectivity index (χ4v) is 2.95. The van der Waals surface area contributed by atoms with Crippen LogP contribution in [0.5, 0.6) is 0 Å². The van der Waals surface area contributed by atoms with Gasteiger partial charge in [-0.15, -0.1) is 0 Å². The molecule has 3 aromatic rings. The second-order valence-corrected chi connectivity index (χ2v) is 6.23. The van der Waals surface area contributed by atoms with E-state index in [0.29, 0.717) is 29.1 Å². The third-order valence-electron chi connectivity index (χ3n) is 4.33. The number of benzene rings is 1. The third kappa shape index (κ3) is 3.57. The number of amides is 1. The van der Waals surface area contributed by atoms with Gasteiger partial charge in [0.25, 0.3) is 5.91 Å². The number of aromatic nitrogens is 3. The number of aryl methyl sites for hydroxylation is 1. The largest absolute Gasteiger partial charge is 0.383 e. The molecule has 0 N–H and O–H groups in total. The Labute approximate surface area is 151 Å². The molecule has 7 heteroatoms. The minimum Gasteiger partial charge on any atom is -0.383 e. The van der Waals surface area contributed by atoms with Gasteiger partial charge in [-0.25, -0.2) is 13.9 Å². The lowest BCUT2D eigenvalue weighted by molar-refractivity contribution is 0.0540. The molecule has 1 amide bonds. The Morgan fingerprint density at radius 1 is 1.38 bits per heavy atom. The van der Waals surface area contributed by atoms with Gasteiger partial charge in [-0.3, -0.25) is 4.79 Å². The Morgan fingerprint density at radius 3 is 2.92 bits per heavy atom. The number of hydrogen-bond acceptors (Lipinski definition) is 4. The summed E-state index contributed by atoms with van der Waals surface area (Å²) in [6.45, 7) is 4.38. The first kappa shape index (κ1) is 18.0. The summed E-state index contributed by atoms with van der Waals surface area (Å²) >= 11 is 0. The highest BCUT2D eigenvalue weighted by Crippen LogP contribution is 2.17. The lowest BCUT2D eigenvalue weighted by Crippen LogP contribution is -2.41. The molecule has 2 aromatic heterocycles. The summed E-state index contributed by atoms with van der Waals surface area (Å²) in [5.74, 6) is -0.522. The van der Waals surface area contributed by atoms with Crippen LogP contribution in [0, 0.1) is 12.7 Å². The van der Waals surface area contributed by atoms with Gasteiger partial charge in [0.05, 0.1) is 30.1 Å². The number of ether oxygens (including phenoxy) is 1. The van der Waals surface area contributed by atoms with E-state index in [9.17, 15) is 9.18 Å². The van der Waals surface area contributed by atoms with Crippen LogP contribution in [0.3, 0.4) is 0 Å². The van der Waals surface area contributed by atoms with E-state index >= 15 is 0 Å². The van der Waals surface area contributed by atoms with Crippen LogP contribution in [0.1, 0.15) is 28.5 Å². The molecule has 6 nitrogen and oxygen atoms in total. The molecule has 0 aliphatic rings. The Bertz CT molecular complexity index is 925. The van der Waals surface area contributed by atoms with Crippen molar-refractivity contribution in [3.05, 3.63) is 65.4 Å². The Morgan fingerprint density at radius 2 is 2.19 bits per heavy atom. The van der Waals surface area contributed by atoms with Crippen molar-refractivity contribution in [2.75, 3.05) is 13.7 Å². The van der Waals surface area contributed by atoms with E-state index in [1.54, 1.807) is 47.1 Å². The first-order valence-corrected chi connectivity index (χ1v) is 8.35. The summed E-state index contributed by atoms with van der Waals surface area (Å²) < 4.78 is 20.4. The minimum absolute atomic E-state index is 0.191. The standard InChI is InChI=1S/C19H21FN4O2/c1-13(12-26-3)23(11-15-5-4-6-16(20)9-15)19(25)17-10-21-18-7-8-22-24(18)14(17)2/h4-10,13H,11-12H2,1-3H3/t13-/m0/s1. The van der Waals surface area contributed by atoms with Gasteiger partial charge in [0.15, 0.2) is 5.65 Å². The monoisotopic (exact) mass is 356 g/mol. The summed E-state index contributed by atoms with van der Waals surface area (Å²) in [5.41, 5.74) is 2.56. The highest BCUT2D eigenvalue weighted by Gasteiger charge is 2.24. The maximum atomic E-state index is 13.5. The summed E-state index contributed by atoms with van der Waals surface area (Å²) in [6, 6.07) is 7.83. The molecular weight excluding hydrogens is 335 g/mol. The molecule has 1 aromatic carbocycles. The van der Waals surface area contributed by atoms with Gasteiger partial charge in [0, 0.05) is 25.9 Å². The molecule has 0 saturated heterocycles. The van der Waals surface area contributed by atoms with Crippen LogP contribution in [0.2, 0.25) is 0 Å². The molecule has 0 aliphatic carbocycles. The van der Waals surface area contributed by atoms with Crippen molar-refractivity contribution in [2.45, 2.75) is 26.4 Å². The van der Waals surface area contributed by atoms with Gasteiger partial charge in [-0.2, -0.15) is 5.10 Å². The zero-order valence-corrected chi connectivity index (χ0v) is 15.0. The van der Waals surface area contributed by atoms with Gasteiger partial charge >= 0.3 is 0 Å². The molecule has 26 heavy (non-hydrogen) atoms. The van der Waals surface area contributed by atoms with E-state index in [1.165, 1.54) is 12.1 Å². The fourth-order valence-electron chi connectivity index (χ4n) is 2.95. The van der Waals surface area contributed by atoms with E-state index in [1.807, 2.05) is 13.8 Å². The van der Waals surface area contributed by atoms with Crippen molar-refractivity contribution in [3.8, 4) is 0 Å². The van der Waals surface area contributed by atoms with Crippen LogP contribution in [0.4, 0.5) is 4.39 Å². The summed E-state index contributed by atoms with van der Waals surface area (Å²) in [5, 5.41) is 4.21. The Hall–Kier alpha value is -2.80. The van der Waals surface area contributed by atoms with Crippen molar-refractivity contribution in [1.82, 2.24) is 19.5 Å². The zero-order valence-electron chi connectivity index (χ0n) is 15.0. The third-order valence-corrected chi connectivity index (χ3v) is 4.33. The fraction of sp³-hybridized carbons (Fsp3) is 0.316. The van der Waals surface area contributed by atoms with E-state index in [0.717, 1.165) is 0 Å². The van der Waals surface area contributed by atoms with Crippen molar-refractivity contribution in [1.29, 1.82) is 0 Å². The van der Waals surface area contributed by atoms with Crippen molar-refractivity contribution < 1.29 is 13.9 Å². The smallest absolute Gasteiger partial charge is 0.257 e. The van der Waals surface area contributed by atoms with E-state index in [4.69, 9.17) is 4.74 Å². The topological polar surface area (TPSA) is 59.7 Å². The van der Waals surface area contributed by atoms with Crippen LogP contribution < -0.4 is 0 Å². The number of rotatable bonds is 6. The van der Waals surface area contributed by atoms with Gasteiger partial charge in [0.2, 0.25) is 0 Å². The molecule has 0 unspecified atom stereocenters. The lowest BCUT2D eigenvalue weighted by Gasteiger charge is -2.29. The van der Waals surface area contributed by atoms with E-state index in [-0.39, 0.29) is 24.3 Å². The first-order chi connectivity index (χ1) is 12.5. The molecule has 3 rings (SSSR count). The Kier molecular flexibility index (Phi) is 5.27. The molecule has 2 heterocycles. The van der Waals surface area contributed by atoms with Crippen LogP contribution >= 0.6 is 0 Å². The van der Waals surface area contributed by atoms with Crippen molar-refractivity contribution in [3.63, 3.8) is 0 Å². The molecule has 0 radical (unpaired) electrons. The molecule has 0 bridgehead atoms. The predicted molar refractivity (Wildman–Crippen MR) is 95.3 cm³/mol. The normalized spacial score (nSPS) is 12.3. The highest BCUT2D eigenvalue weighted by atomic mass is 19.1. The average Bonchev–Trinajstić information content (AvgIpc) is 3.09. The number of carbonyl (C=O) groups excluding carboxylic acids is 1. The number of fused-ring (bicyclic) bond motifs is 1. The molecule has 0 aliphatic heterocycles. The van der Waals surface area contributed by atoms with Gasteiger partial charge in [-0.1, -0.05) is 12.1 Å². The minimum atomic E-state index is -0.329. The second kappa shape index (κ2) is 7.61. The molecule has 0 fully saturated rings. The predicted octanol–water partition coefficient (Wildman–Crippen LogP) is 2.85. The van der Waals surface area contributed by atoms with Crippen molar-refractivity contribution in [2.24, 2.45) is 0 Å². The van der Waals surface area contributed by atoms with Crippen LogP contribution in [-0.4, -0.2) is 45.2 Å². The molecule has 136 valence electrons. The lowest BCUT2D eigenvalue weighted by atomic mass is 10.1. The number of nitrogens with zero attached hydrogens (tertiary/aromatic N) is 4. The van der Waals surface area contributed by atoms with Crippen molar-refractivity contribution >= 4 is 11.6 Å². The first-order valence-electron chi connectivity index (χ1n) is 8.35. The number of carbonyl (C=O) groups is 1. The van der Waals surface area contributed by atoms with E-state index in [2.05, 4.69) is 10.1 Å². The van der Waals surface area contributed by atoms with Gasteiger partial charge in [0.1, 0.15) is 5.82 Å². The maximum Gasteiger partial charge on any atom is 0.257 e. The maximum absolute atomic E-state index is 13.5. The average molecular weight is 356 g/mol. The van der Waals surface area contributed by atoms with Gasteiger partial charge < -0.3 is 9.64 Å². The quantitative estimate of drug-likeness (QED) is 0.681. The van der Waals surface area contributed by atoms with Gasteiger partial charge in [-0.05, 0) is 31.5 Å². The van der Waals surface area contributed by atoms with Crippen LogP contribution in [0.25, 0.3) is 5.65 Å². The summed E-state index contributed by atoms with van der Waals surface area (Å²) in [6.07, 6.45) is 3.20. The summed E-state index contributed by atoms with van der Waals surface area (Å²) in [4.78, 5) is 19.2. The summed E-state index contributed by atoms with van der Waals surface area (Å²) in [7, 11) is 1.59.